The van der Waals surface area contributed by atoms with Gasteiger partial charge in [-0.3, -0.25) is 9.59 Å². The molecule has 2 rings (SSSR count). The predicted molar refractivity (Wildman–Crippen MR) is 73.9 cm³/mol. The van der Waals surface area contributed by atoms with Crippen LogP contribution in [0.15, 0.2) is 43.0 Å². The summed E-state index contributed by atoms with van der Waals surface area (Å²) in [5.41, 5.74) is 1.45. The quantitative estimate of drug-likeness (QED) is 0.820. The number of ketones is 1. The molecule has 1 aromatic carbocycles. The molecule has 0 bridgehead atoms. The van der Waals surface area contributed by atoms with E-state index in [4.69, 9.17) is 5.11 Å². The Kier molecular flexibility index (Phi) is 4.30. The first kappa shape index (κ1) is 14.0. The summed E-state index contributed by atoms with van der Waals surface area (Å²) in [5, 5.41) is 8.82. The van der Waals surface area contributed by atoms with Crippen molar-refractivity contribution in [1.82, 2.24) is 9.55 Å². The summed E-state index contributed by atoms with van der Waals surface area (Å²) < 4.78 is 1.84. The SMILES string of the molecule is CC[C@H](CC(=O)O)C(=O)c1ccc(-n2ccnc2)cc1. The minimum absolute atomic E-state index is 0.118. The number of carboxylic acids is 1. The molecule has 1 heterocycles. The van der Waals surface area contributed by atoms with Gasteiger partial charge in [0.15, 0.2) is 5.78 Å². The van der Waals surface area contributed by atoms with Crippen LogP contribution in [-0.2, 0) is 4.79 Å². The number of Topliss-reactive ketones (excluding diaryl/α,β-unsaturated/α-hetero) is 1. The molecular weight excluding hydrogens is 256 g/mol. The van der Waals surface area contributed by atoms with Gasteiger partial charge in [-0.1, -0.05) is 6.92 Å². The average Bonchev–Trinajstić information content (AvgIpc) is 2.98. The molecule has 0 saturated carbocycles. The Morgan fingerprint density at radius 1 is 1.30 bits per heavy atom. The second kappa shape index (κ2) is 6.14. The summed E-state index contributed by atoms with van der Waals surface area (Å²) in [6.45, 7) is 1.82. The molecular formula is C15H16N2O3. The molecule has 0 aliphatic heterocycles. The van der Waals surface area contributed by atoms with E-state index in [0.29, 0.717) is 12.0 Å². The van der Waals surface area contributed by atoms with Crippen LogP contribution in [0.25, 0.3) is 5.69 Å². The summed E-state index contributed by atoms with van der Waals surface area (Å²) in [6, 6.07) is 7.09. The molecule has 1 aromatic heterocycles. The third-order valence-corrected chi connectivity index (χ3v) is 3.24. The van der Waals surface area contributed by atoms with Crippen molar-refractivity contribution in [3.63, 3.8) is 0 Å². The number of aromatic nitrogens is 2. The zero-order valence-electron chi connectivity index (χ0n) is 11.2. The fourth-order valence-corrected chi connectivity index (χ4v) is 2.08. The van der Waals surface area contributed by atoms with Crippen molar-refractivity contribution in [1.29, 1.82) is 0 Å². The molecule has 0 saturated heterocycles. The Morgan fingerprint density at radius 2 is 2.00 bits per heavy atom. The molecule has 2 aromatic rings. The van der Waals surface area contributed by atoms with Gasteiger partial charge in [-0.05, 0) is 30.7 Å². The van der Waals surface area contributed by atoms with E-state index in [1.807, 2.05) is 29.8 Å². The van der Waals surface area contributed by atoms with Gasteiger partial charge in [-0.2, -0.15) is 0 Å². The topological polar surface area (TPSA) is 72.2 Å². The highest BCUT2D eigenvalue weighted by molar-refractivity contribution is 5.99. The van der Waals surface area contributed by atoms with Gasteiger partial charge in [0.05, 0.1) is 12.7 Å². The smallest absolute Gasteiger partial charge is 0.304 e. The van der Waals surface area contributed by atoms with Crippen molar-refractivity contribution in [3.8, 4) is 5.69 Å². The lowest BCUT2D eigenvalue weighted by molar-refractivity contribution is -0.137. The van der Waals surface area contributed by atoms with Gasteiger partial charge >= 0.3 is 5.97 Å². The second-order valence-corrected chi connectivity index (χ2v) is 4.58. The summed E-state index contributed by atoms with van der Waals surface area (Å²) >= 11 is 0. The van der Waals surface area contributed by atoms with E-state index in [-0.39, 0.29) is 12.2 Å². The third kappa shape index (κ3) is 3.12. The monoisotopic (exact) mass is 272 g/mol. The van der Waals surface area contributed by atoms with Gasteiger partial charge in [0.1, 0.15) is 0 Å². The van der Waals surface area contributed by atoms with Crippen LogP contribution in [0, 0.1) is 5.92 Å². The number of nitrogens with zero attached hydrogens (tertiary/aromatic N) is 2. The molecule has 104 valence electrons. The van der Waals surface area contributed by atoms with Crippen LogP contribution in [0.5, 0.6) is 0 Å². The highest BCUT2D eigenvalue weighted by Gasteiger charge is 2.21. The van der Waals surface area contributed by atoms with Crippen LogP contribution >= 0.6 is 0 Å². The van der Waals surface area contributed by atoms with E-state index in [2.05, 4.69) is 4.98 Å². The highest BCUT2D eigenvalue weighted by atomic mass is 16.4. The van der Waals surface area contributed by atoms with Gasteiger partial charge in [0.2, 0.25) is 0 Å². The normalized spacial score (nSPS) is 12.1. The van der Waals surface area contributed by atoms with Gasteiger partial charge in [-0.15, -0.1) is 0 Å². The Balaban J connectivity index is 2.16. The second-order valence-electron chi connectivity index (χ2n) is 4.58. The minimum atomic E-state index is -0.944. The lowest BCUT2D eigenvalue weighted by atomic mass is 9.92. The van der Waals surface area contributed by atoms with Crippen LogP contribution in [0.1, 0.15) is 30.1 Å². The standard InChI is InChI=1S/C15H16N2O3/c1-2-11(9-14(18)19)15(20)12-3-5-13(6-4-12)17-8-7-16-10-17/h3-8,10-11H,2,9H2,1H3,(H,18,19)/t11-/m1/s1. The van der Waals surface area contributed by atoms with E-state index >= 15 is 0 Å². The number of benzene rings is 1. The molecule has 0 aliphatic carbocycles. The lowest BCUT2D eigenvalue weighted by Gasteiger charge is -2.11. The van der Waals surface area contributed by atoms with E-state index in [1.54, 1.807) is 24.7 Å². The van der Waals surface area contributed by atoms with Crippen LogP contribution in [0.3, 0.4) is 0 Å². The van der Waals surface area contributed by atoms with Crippen molar-refractivity contribution in [2.75, 3.05) is 0 Å². The fourth-order valence-electron chi connectivity index (χ4n) is 2.08. The van der Waals surface area contributed by atoms with E-state index in [0.717, 1.165) is 5.69 Å². The average molecular weight is 272 g/mol. The maximum atomic E-state index is 12.2. The van der Waals surface area contributed by atoms with Gasteiger partial charge in [0.25, 0.3) is 0 Å². The first-order valence-electron chi connectivity index (χ1n) is 6.46. The van der Waals surface area contributed by atoms with Crippen LogP contribution in [0.4, 0.5) is 0 Å². The predicted octanol–water partition coefficient (Wildman–Crippen LogP) is 2.56. The van der Waals surface area contributed by atoms with Gasteiger partial charge < -0.3 is 9.67 Å². The number of aliphatic carboxylic acids is 1. The number of rotatable bonds is 6. The zero-order chi connectivity index (χ0) is 14.5. The molecule has 5 nitrogen and oxygen atoms in total. The number of carboxylic acid groups (broad SMARTS) is 1. The maximum Gasteiger partial charge on any atom is 0.304 e. The first-order valence-corrected chi connectivity index (χ1v) is 6.46. The molecule has 1 N–H and O–H groups in total. The first-order chi connectivity index (χ1) is 9.61. The molecule has 0 radical (unpaired) electrons. The van der Waals surface area contributed by atoms with E-state index in [9.17, 15) is 9.59 Å². The molecule has 20 heavy (non-hydrogen) atoms. The Morgan fingerprint density at radius 3 is 2.50 bits per heavy atom. The Bertz CT molecular complexity index is 588. The van der Waals surface area contributed by atoms with E-state index in [1.165, 1.54) is 0 Å². The minimum Gasteiger partial charge on any atom is -0.481 e. The molecule has 0 aliphatic rings. The number of carbonyl (C=O) groups excluding carboxylic acids is 1. The molecule has 0 fully saturated rings. The Hall–Kier alpha value is -2.43. The van der Waals surface area contributed by atoms with Crippen molar-refractivity contribution in [2.24, 2.45) is 5.92 Å². The van der Waals surface area contributed by atoms with Gasteiger partial charge in [-0.25, -0.2) is 4.98 Å². The van der Waals surface area contributed by atoms with Crippen molar-refractivity contribution in [2.45, 2.75) is 19.8 Å². The molecule has 0 amide bonds. The molecule has 0 spiro atoms. The van der Waals surface area contributed by atoms with Crippen LogP contribution < -0.4 is 0 Å². The molecule has 0 unspecified atom stereocenters. The molecule has 1 atom stereocenters. The molecule has 5 heteroatoms. The van der Waals surface area contributed by atoms with Crippen LogP contribution in [0.2, 0.25) is 0 Å². The largest absolute Gasteiger partial charge is 0.481 e. The zero-order valence-corrected chi connectivity index (χ0v) is 11.2. The van der Waals surface area contributed by atoms with Crippen LogP contribution in [-0.4, -0.2) is 26.4 Å². The van der Waals surface area contributed by atoms with E-state index < -0.39 is 11.9 Å². The van der Waals surface area contributed by atoms with Crippen molar-refractivity contribution in [3.05, 3.63) is 48.5 Å². The summed E-state index contributed by atoms with van der Waals surface area (Å²) in [4.78, 5) is 26.9. The number of imidazole rings is 1. The lowest BCUT2D eigenvalue weighted by Crippen LogP contribution is -2.17. The van der Waals surface area contributed by atoms with Crippen molar-refractivity contribution >= 4 is 11.8 Å². The third-order valence-electron chi connectivity index (χ3n) is 3.24. The summed E-state index contributed by atoms with van der Waals surface area (Å²) in [6.07, 6.45) is 5.57. The van der Waals surface area contributed by atoms with Crippen molar-refractivity contribution < 1.29 is 14.7 Å². The van der Waals surface area contributed by atoms with Gasteiger partial charge in [0, 0.05) is 29.6 Å². The number of hydrogen-bond acceptors (Lipinski definition) is 3. The Labute approximate surface area is 116 Å². The summed E-state index contributed by atoms with van der Waals surface area (Å²) in [5.74, 6) is -1.53. The number of carbonyl (C=O) groups is 2. The fraction of sp³-hybridized carbons (Fsp3) is 0.267. The maximum absolute atomic E-state index is 12.2. The summed E-state index contributed by atoms with van der Waals surface area (Å²) in [7, 11) is 0. The highest BCUT2D eigenvalue weighted by Crippen LogP contribution is 2.18. The number of hydrogen-bond donors (Lipinski definition) is 1.